The van der Waals surface area contributed by atoms with Gasteiger partial charge in [0.1, 0.15) is 6.04 Å². The van der Waals surface area contributed by atoms with Gasteiger partial charge in [0.25, 0.3) is 5.91 Å². The Labute approximate surface area is 121 Å². The summed E-state index contributed by atoms with van der Waals surface area (Å²) in [6, 6.07) is 1.17. The van der Waals surface area contributed by atoms with Crippen LogP contribution in [0.5, 0.6) is 0 Å². The summed E-state index contributed by atoms with van der Waals surface area (Å²) in [5.41, 5.74) is 1.26. The second kappa shape index (κ2) is 5.18. The third-order valence-corrected chi connectivity index (χ3v) is 5.32. The van der Waals surface area contributed by atoms with Crippen LogP contribution in [-0.4, -0.2) is 47.7 Å². The first-order chi connectivity index (χ1) is 9.60. The van der Waals surface area contributed by atoms with Crippen LogP contribution in [0, 0.1) is 0 Å². The van der Waals surface area contributed by atoms with E-state index >= 15 is 0 Å². The van der Waals surface area contributed by atoms with Crippen molar-refractivity contribution in [1.82, 2.24) is 4.90 Å². The van der Waals surface area contributed by atoms with Gasteiger partial charge in [-0.15, -0.1) is 11.3 Å². The molecule has 2 aliphatic rings. The highest BCUT2D eigenvalue weighted by molar-refractivity contribution is 7.14. The lowest BCUT2D eigenvalue weighted by atomic mass is 10.2. The normalized spacial score (nSPS) is 24.9. The fraction of sp³-hybridized carbons (Fsp3) is 0.571. The zero-order chi connectivity index (χ0) is 14.3. The van der Waals surface area contributed by atoms with Gasteiger partial charge in [-0.05, 0) is 30.9 Å². The highest BCUT2D eigenvalue weighted by Crippen LogP contribution is 2.32. The molecule has 2 unspecified atom stereocenters. The molecule has 1 aliphatic carbocycles. The van der Waals surface area contributed by atoms with Crippen molar-refractivity contribution in [3.8, 4) is 0 Å². The molecule has 0 aromatic carbocycles. The predicted molar refractivity (Wildman–Crippen MR) is 74.2 cm³/mol. The van der Waals surface area contributed by atoms with Crippen LogP contribution in [0.4, 0.5) is 0 Å². The quantitative estimate of drug-likeness (QED) is 0.919. The second-order valence-corrected chi connectivity index (χ2v) is 6.45. The Kier molecular flexibility index (Phi) is 3.52. The summed E-state index contributed by atoms with van der Waals surface area (Å²) >= 11 is 1.51. The molecule has 0 spiro atoms. The molecule has 5 nitrogen and oxygen atoms in total. The van der Waals surface area contributed by atoms with Crippen molar-refractivity contribution >= 4 is 23.2 Å². The fourth-order valence-electron chi connectivity index (χ4n) is 3.00. The number of thiophene rings is 1. The Morgan fingerprint density at radius 3 is 2.90 bits per heavy atom. The molecule has 1 aromatic rings. The number of carboxylic acids is 1. The van der Waals surface area contributed by atoms with Crippen molar-refractivity contribution in [3.05, 3.63) is 21.4 Å². The average molecular weight is 295 g/mol. The van der Waals surface area contributed by atoms with Crippen LogP contribution in [0.1, 0.15) is 33.0 Å². The summed E-state index contributed by atoms with van der Waals surface area (Å²) in [5.74, 6) is -1.13. The maximum Gasteiger partial charge on any atom is 0.326 e. The second-order valence-electron chi connectivity index (χ2n) is 5.32. The summed E-state index contributed by atoms with van der Waals surface area (Å²) in [6.07, 6.45) is 3.40. The number of rotatable bonds is 3. The Morgan fingerprint density at radius 1 is 1.45 bits per heavy atom. The largest absolute Gasteiger partial charge is 0.480 e. The smallest absolute Gasteiger partial charge is 0.326 e. The number of aliphatic carboxylic acids is 1. The number of methoxy groups -OCH3 is 1. The minimum absolute atomic E-state index is 0.170. The van der Waals surface area contributed by atoms with Crippen molar-refractivity contribution < 1.29 is 19.4 Å². The van der Waals surface area contributed by atoms with Crippen LogP contribution in [0.25, 0.3) is 0 Å². The number of aryl methyl sites for hydroxylation is 2. The van der Waals surface area contributed by atoms with Gasteiger partial charge < -0.3 is 14.7 Å². The van der Waals surface area contributed by atoms with E-state index in [2.05, 4.69) is 0 Å². The number of carboxylic acid groups (broad SMARTS) is 1. The van der Waals surface area contributed by atoms with Crippen molar-refractivity contribution in [2.24, 2.45) is 0 Å². The molecule has 2 heterocycles. The van der Waals surface area contributed by atoms with Gasteiger partial charge in [-0.2, -0.15) is 0 Å². The number of carbonyl (C=O) groups excluding carboxylic acids is 1. The molecule has 0 radical (unpaired) electrons. The number of amides is 1. The molecule has 108 valence electrons. The lowest BCUT2D eigenvalue weighted by Gasteiger charge is -2.20. The molecular weight excluding hydrogens is 278 g/mol. The van der Waals surface area contributed by atoms with Gasteiger partial charge in [-0.3, -0.25) is 4.79 Å². The van der Waals surface area contributed by atoms with E-state index < -0.39 is 12.0 Å². The SMILES string of the molecule is COC1CC(C(=O)O)N(C(=O)c2cc3c(s2)CCC3)C1. The van der Waals surface area contributed by atoms with E-state index in [1.807, 2.05) is 6.07 Å². The zero-order valence-electron chi connectivity index (χ0n) is 11.3. The summed E-state index contributed by atoms with van der Waals surface area (Å²) in [4.78, 5) is 27.2. The van der Waals surface area contributed by atoms with Gasteiger partial charge in [-0.1, -0.05) is 0 Å². The molecule has 1 aliphatic heterocycles. The van der Waals surface area contributed by atoms with Crippen molar-refractivity contribution in [3.63, 3.8) is 0 Å². The standard InChI is InChI=1S/C14H17NO4S/c1-19-9-6-10(14(17)18)15(7-9)13(16)12-5-8-3-2-4-11(8)20-12/h5,9-10H,2-4,6-7H2,1H3,(H,17,18). The third kappa shape index (κ3) is 2.23. The molecule has 20 heavy (non-hydrogen) atoms. The minimum atomic E-state index is -0.956. The molecular formula is C14H17NO4S. The van der Waals surface area contributed by atoms with E-state index in [1.165, 1.54) is 26.7 Å². The Balaban J connectivity index is 1.82. The zero-order valence-corrected chi connectivity index (χ0v) is 12.1. The maximum atomic E-state index is 12.5. The Hall–Kier alpha value is -1.40. The van der Waals surface area contributed by atoms with E-state index in [0.29, 0.717) is 17.8 Å². The van der Waals surface area contributed by atoms with Gasteiger partial charge in [0.2, 0.25) is 0 Å². The van der Waals surface area contributed by atoms with E-state index in [0.717, 1.165) is 19.3 Å². The van der Waals surface area contributed by atoms with Crippen LogP contribution in [-0.2, 0) is 22.4 Å². The van der Waals surface area contributed by atoms with Gasteiger partial charge >= 0.3 is 5.97 Å². The first-order valence-electron chi connectivity index (χ1n) is 6.78. The lowest BCUT2D eigenvalue weighted by molar-refractivity contribution is -0.141. The number of fused-ring (bicyclic) bond motifs is 1. The average Bonchev–Trinajstić information content (AvgIpc) is 3.10. The lowest BCUT2D eigenvalue weighted by Crippen LogP contribution is -2.40. The fourth-order valence-corrected chi connectivity index (χ4v) is 4.21. The van der Waals surface area contributed by atoms with Gasteiger partial charge in [0.05, 0.1) is 11.0 Å². The van der Waals surface area contributed by atoms with E-state index in [4.69, 9.17) is 4.74 Å². The summed E-state index contributed by atoms with van der Waals surface area (Å²) in [5, 5.41) is 9.26. The van der Waals surface area contributed by atoms with Crippen molar-refractivity contribution in [2.45, 2.75) is 37.8 Å². The molecule has 0 bridgehead atoms. The topological polar surface area (TPSA) is 66.8 Å². The predicted octanol–water partition coefficient (Wildman–Crippen LogP) is 1.55. The third-order valence-electron chi connectivity index (χ3n) is 4.10. The number of hydrogen-bond donors (Lipinski definition) is 1. The highest BCUT2D eigenvalue weighted by Gasteiger charge is 2.40. The van der Waals surface area contributed by atoms with Gasteiger partial charge in [0.15, 0.2) is 0 Å². The number of hydrogen-bond acceptors (Lipinski definition) is 4. The summed E-state index contributed by atoms with van der Waals surface area (Å²) in [6.45, 7) is 0.356. The number of carbonyl (C=O) groups is 2. The van der Waals surface area contributed by atoms with E-state index in [9.17, 15) is 14.7 Å². The molecule has 1 amide bonds. The number of nitrogens with zero attached hydrogens (tertiary/aromatic N) is 1. The van der Waals surface area contributed by atoms with Gasteiger partial charge in [-0.25, -0.2) is 4.79 Å². The first kappa shape index (κ1) is 13.6. The first-order valence-corrected chi connectivity index (χ1v) is 7.60. The Bertz CT molecular complexity index is 532. The molecule has 6 heteroatoms. The highest BCUT2D eigenvalue weighted by atomic mass is 32.1. The van der Waals surface area contributed by atoms with Crippen LogP contribution >= 0.6 is 11.3 Å². The molecule has 1 aromatic heterocycles. The minimum Gasteiger partial charge on any atom is -0.480 e. The molecule has 3 rings (SSSR count). The Morgan fingerprint density at radius 2 is 2.25 bits per heavy atom. The van der Waals surface area contributed by atoms with E-state index in [1.54, 1.807) is 7.11 Å². The van der Waals surface area contributed by atoms with Crippen LogP contribution in [0.3, 0.4) is 0 Å². The summed E-state index contributed by atoms with van der Waals surface area (Å²) in [7, 11) is 1.55. The van der Waals surface area contributed by atoms with Crippen LogP contribution in [0.15, 0.2) is 6.07 Å². The summed E-state index contributed by atoms with van der Waals surface area (Å²) < 4.78 is 5.22. The van der Waals surface area contributed by atoms with Gasteiger partial charge in [0, 0.05) is 25.0 Å². The number of likely N-dealkylation sites (tertiary alicyclic amines) is 1. The maximum absolute atomic E-state index is 12.5. The molecule has 2 atom stereocenters. The molecule has 0 saturated carbocycles. The molecule has 1 fully saturated rings. The van der Waals surface area contributed by atoms with Crippen LogP contribution < -0.4 is 0 Å². The molecule has 1 saturated heterocycles. The van der Waals surface area contributed by atoms with Crippen LogP contribution in [0.2, 0.25) is 0 Å². The number of ether oxygens (including phenoxy) is 1. The monoisotopic (exact) mass is 295 g/mol. The van der Waals surface area contributed by atoms with E-state index in [-0.39, 0.29) is 12.0 Å². The van der Waals surface area contributed by atoms with Crippen molar-refractivity contribution in [1.29, 1.82) is 0 Å². The van der Waals surface area contributed by atoms with Crippen molar-refractivity contribution in [2.75, 3.05) is 13.7 Å². The molecule has 1 N–H and O–H groups in total.